The van der Waals surface area contributed by atoms with Gasteiger partial charge in [0.25, 0.3) is 10.0 Å². The van der Waals surface area contributed by atoms with Crippen LogP contribution in [-0.4, -0.2) is 26.0 Å². The highest BCUT2D eigenvalue weighted by atomic mass is 32.2. The zero-order valence-corrected chi connectivity index (χ0v) is 16.1. The second-order valence-corrected chi connectivity index (χ2v) is 8.29. The molecule has 0 saturated carbocycles. The number of hydrogen-bond acceptors (Lipinski definition) is 5. The minimum atomic E-state index is -3.87. The van der Waals surface area contributed by atoms with E-state index in [0.717, 1.165) is 29.7 Å². The lowest BCUT2D eigenvalue weighted by atomic mass is 10.0. The van der Waals surface area contributed by atoms with Gasteiger partial charge in [0.05, 0.1) is 16.7 Å². The number of rotatable bonds is 4. The highest BCUT2D eigenvalue weighted by molar-refractivity contribution is 7.92. The first kappa shape index (κ1) is 18.2. The predicted molar refractivity (Wildman–Crippen MR) is 106 cm³/mol. The zero-order chi connectivity index (χ0) is 19.7. The summed E-state index contributed by atoms with van der Waals surface area (Å²) in [6, 6.07) is 14.1. The van der Waals surface area contributed by atoms with E-state index in [1.807, 2.05) is 30.3 Å². The summed E-state index contributed by atoms with van der Waals surface area (Å²) in [5.74, 6) is 0.0122. The van der Waals surface area contributed by atoms with Gasteiger partial charge in [0.15, 0.2) is 0 Å². The first-order valence-corrected chi connectivity index (χ1v) is 10.4. The molecule has 0 radical (unpaired) electrons. The number of aryl methyl sites for hydroxylation is 1. The van der Waals surface area contributed by atoms with Gasteiger partial charge in [-0.25, -0.2) is 13.1 Å². The van der Waals surface area contributed by atoms with Gasteiger partial charge >= 0.3 is 0 Å². The molecule has 0 aliphatic carbocycles. The van der Waals surface area contributed by atoms with Crippen LogP contribution in [0.2, 0.25) is 0 Å². The summed E-state index contributed by atoms with van der Waals surface area (Å²) in [6.07, 6.45) is 2.99. The van der Waals surface area contributed by atoms with Gasteiger partial charge in [-0.05, 0) is 42.2 Å². The quantitative estimate of drug-likeness (QED) is 0.728. The van der Waals surface area contributed by atoms with Gasteiger partial charge in [-0.2, -0.15) is 0 Å². The second kappa shape index (κ2) is 7.12. The smallest absolute Gasteiger partial charge is 0.264 e. The number of nitrogens with one attached hydrogen (secondary N) is 1. The maximum absolute atomic E-state index is 12.9. The van der Waals surface area contributed by atoms with Crippen molar-refractivity contribution in [2.24, 2.45) is 0 Å². The Kier molecular flexibility index (Phi) is 4.64. The first-order valence-electron chi connectivity index (χ1n) is 8.89. The zero-order valence-electron chi connectivity index (χ0n) is 15.3. The van der Waals surface area contributed by atoms with Crippen LogP contribution in [-0.2, 0) is 21.2 Å². The minimum Gasteiger partial charge on any atom is -0.337 e. The molecule has 0 spiro atoms. The number of nitrogens with zero attached hydrogens (tertiary/aromatic N) is 2. The van der Waals surface area contributed by atoms with Crippen molar-refractivity contribution < 1.29 is 17.7 Å². The fraction of sp³-hybridized carbons (Fsp3) is 0.200. The molecule has 4 rings (SSSR count). The van der Waals surface area contributed by atoms with Gasteiger partial charge < -0.3 is 9.42 Å². The number of hydrogen-bond donors (Lipinski definition) is 1. The molecule has 8 heteroatoms. The molecule has 3 aromatic rings. The third-order valence-corrected chi connectivity index (χ3v) is 6.07. The van der Waals surface area contributed by atoms with Gasteiger partial charge in [0, 0.05) is 19.2 Å². The van der Waals surface area contributed by atoms with Crippen molar-refractivity contribution in [1.29, 1.82) is 0 Å². The number of carbonyl (C=O) groups excluding carboxylic acids is 1. The lowest BCUT2D eigenvalue weighted by Gasteiger charge is -2.28. The lowest BCUT2D eigenvalue weighted by Crippen LogP contribution is -2.33. The van der Waals surface area contributed by atoms with E-state index in [1.165, 1.54) is 19.2 Å². The topological polar surface area (TPSA) is 92.5 Å². The van der Waals surface area contributed by atoms with Gasteiger partial charge in [-0.1, -0.05) is 35.5 Å². The van der Waals surface area contributed by atoms with Crippen LogP contribution in [0.5, 0.6) is 0 Å². The van der Waals surface area contributed by atoms with Crippen LogP contribution in [0.3, 0.4) is 0 Å². The van der Waals surface area contributed by atoms with E-state index < -0.39 is 10.0 Å². The molecule has 0 fully saturated rings. The number of amides is 1. The molecular formula is C20H19N3O4S. The van der Waals surface area contributed by atoms with Crippen molar-refractivity contribution in [2.75, 3.05) is 16.2 Å². The number of aromatic nitrogens is 1. The molecule has 1 amide bonds. The Bertz CT molecular complexity index is 1120. The summed E-state index contributed by atoms with van der Waals surface area (Å²) in [6.45, 7) is 2.15. The SMILES string of the molecule is CC(=O)N1CCCc2cc(S(=O)(=O)Nc3oncc3-c3ccccc3)ccc21. The highest BCUT2D eigenvalue weighted by Gasteiger charge is 2.24. The third-order valence-electron chi connectivity index (χ3n) is 4.74. The molecule has 0 atom stereocenters. The van der Waals surface area contributed by atoms with Crippen LogP contribution >= 0.6 is 0 Å². The molecule has 1 aliphatic heterocycles. The van der Waals surface area contributed by atoms with Crippen LogP contribution in [0.25, 0.3) is 11.1 Å². The van der Waals surface area contributed by atoms with Crippen molar-refractivity contribution in [1.82, 2.24) is 5.16 Å². The average Bonchev–Trinajstić information content (AvgIpc) is 3.15. The first-order chi connectivity index (χ1) is 13.5. The molecule has 1 N–H and O–H groups in total. The largest absolute Gasteiger partial charge is 0.337 e. The molecule has 0 unspecified atom stereocenters. The summed E-state index contributed by atoms with van der Waals surface area (Å²) in [5.41, 5.74) is 2.96. The van der Waals surface area contributed by atoms with Gasteiger partial charge in [0.1, 0.15) is 0 Å². The molecule has 1 aromatic heterocycles. The van der Waals surface area contributed by atoms with E-state index in [2.05, 4.69) is 9.88 Å². The molecular weight excluding hydrogens is 378 g/mol. The summed E-state index contributed by atoms with van der Waals surface area (Å²) in [7, 11) is -3.87. The average molecular weight is 397 g/mol. The van der Waals surface area contributed by atoms with Crippen LogP contribution in [0, 0.1) is 0 Å². The number of sulfonamides is 1. The van der Waals surface area contributed by atoms with Crippen LogP contribution in [0.15, 0.2) is 64.1 Å². The van der Waals surface area contributed by atoms with Crippen molar-refractivity contribution in [3.8, 4) is 11.1 Å². The Labute approximate surface area is 163 Å². The Hall–Kier alpha value is -3.13. The van der Waals surface area contributed by atoms with Crippen molar-refractivity contribution in [2.45, 2.75) is 24.7 Å². The van der Waals surface area contributed by atoms with E-state index in [1.54, 1.807) is 17.0 Å². The van der Waals surface area contributed by atoms with E-state index in [0.29, 0.717) is 12.1 Å². The second-order valence-electron chi connectivity index (χ2n) is 6.60. The molecule has 144 valence electrons. The molecule has 7 nitrogen and oxygen atoms in total. The van der Waals surface area contributed by atoms with Gasteiger partial charge in [-0.15, -0.1) is 0 Å². The molecule has 0 bridgehead atoms. The van der Waals surface area contributed by atoms with E-state index in [9.17, 15) is 13.2 Å². The number of fused-ring (bicyclic) bond motifs is 1. The van der Waals surface area contributed by atoms with E-state index in [4.69, 9.17) is 4.52 Å². The highest BCUT2D eigenvalue weighted by Crippen LogP contribution is 2.32. The minimum absolute atomic E-state index is 0.0520. The maximum atomic E-state index is 12.9. The molecule has 28 heavy (non-hydrogen) atoms. The summed E-state index contributed by atoms with van der Waals surface area (Å²) < 4.78 is 33.4. The molecule has 2 aromatic carbocycles. The standard InChI is InChI=1S/C20H19N3O4S/c1-14(24)23-11-5-8-16-12-17(9-10-19(16)23)28(25,26)22-20-18(13-21-27-20)15-6-3-2-4-7-15/h2-4,6-7,9-10,12-13,22H,5,8,11H2,1H3. The number of carbonyl (C=O) groups is 1. The number of anilines is 2. The Morgan fingerprint density at radius 1 is 1.18 bits per heavy atom. The molecule has 2 heterocycles. The summed E-state index contributed by atoms with van der Waals surface area (Å²) in [4.78, 5) is 13.6. The van der Waals surface area contributed by atoms with E-state index >= 15 is 0 Å². The predicted octanol–water partition coefficient (Wildman–Crippen LogP) is 3.44. The molecule has 1 aliphatic rings. The van der Waals surface area contributed by atoms with E-state index in [-0.39, 0.29) is 16.7 Å². The maximum Gasteiger partial charge on any atom is 0.264 e. The van der Waals surface area contributed by atoms with Crippen LogP contribution in [0.1, 0.15) is 18.9 Å². The Balaban J connectivity index is 1.66. The van der Waals surface area contributed by atoms with Crippen LogP contribution < -0.4 is 9.62 Å². The summed E-state index contributed by atoms with van der Waals surface area (Å²) >= 11 is 0. The Morgan fingerprint density at radius 2 is 1.96 bits per heavy atom. The van der Waals surface area contributed by atoms with Crippen LogP contribution in [0.4, 0.5) is 11.6 Å². The van der Waals surface area contributed by atoms with Crippen molar-refractivity contribution in [3.63, 3.8) is 0 Å². The Morgan fingerprint density at radius 3 is 2.71 bits per heavy atom. The fourth-order valence-corrected chi connectivity index (χ4v) is 4.44. The monoisotopic (exact) mass is 397 g/mol. The lowest BCUT2D eigenvalue weighted by molar-refractivity contribution is -0.116. The normalized spacial score (nSPS) is 13.8. The number of benzene rings is 2. The van der Waals surface area contributed by atoms with Gasteiger partial charge in [-0.3, -0.25) is 4.79 Å². The molecule has 0 saturated heterocycles. The third kappa shape index (κ3) is 3.38. The summed E-state index contributed by atoms with van der Waals surface area (Å²) in [5, 5.41) is 3.73. The van der Waals surface area contributed by atoms with Crippen molar-refractivity contribution >= 4 is 27.5 Å². The van der Waals surface area contributed by atoms with Crippen molar-refractivity contribution in [3.05, 3.63) is 60.3 Å². The fourth-order valence-electron chi connectivity index (χ4n) is 3.39. The van der Waals surface area contributed by atoms with Gasteiger partial charge in [0.2, 0.25) is 11.8 Å².